The number of benzene rings is 1. The summed E-state index contributed by atoms with van der Waals surface area (Å²) >= 11 is 0. The molecule has 0 aromatic heterocycles. The minimum atomic E-state index is -0.598. The molecular formula is C23H34F2. The molecule has 0 amide bonds. The molecule has 0 N–H and O–H groups in total. The zero-order valence-electron chi connectivity index (χ0n) is 16.0. The molecule has 2 atom stereocenters. The summed E-state index contributed by atoms with van der Waals surface area (Å²) < 4.78 is 28.8. The summed E-state index contributed by atoms with van der Waals surface area (Å²) in [5.74, 6) is 1.72. The van der Waals surface area contributed by atoms with E-state index in [1.165, 1.54) is 44.9 Å². The van der Waals surface area contributed by atoms with Crippen LogP contribution in [-0.2, 0) is 6.42 Å². The van der Waals surface area contributed by atoms with Crippen LogP contribution in [0, 0.1) is 29.4 Å². The van der Waals surface area contributed by atoms with Crippen molar-refractivity contribution >= 4 is 0 Å². The van der Waals surface area contributed by atoms with Gasteiger partial charge < -0.3 is 0 Å². The second-order valence-corrected chi connectivity index (χ2v) is 8.53. The lowest BCUT2D eigenvalue weighted by molar-refractivity contribution is 0.227. The van der Waals surface area contributed by atoms with Gasteiger partial charge in [-0.05, 0) is 79.7 Å². The number of aryl methyl sites for hydroxylation is 1. The Labute approximate surface area is 152 Å². The van der Waals surface area contributed by atoms with Crippen LogP contribution in [0.15, 0.2) is 12.1 Å². The topological polar surface area (TPSA) is 0 Å². The summed E-state index contributed by atoms with van der Waals surface area (Å²) in [7, 11) is 0. The highest BCUT2D eigenvalue weighted by molar-refractivity contribution is 5.29. The van der Waals surface area contributed by atoms with Crippen LogP contribution in [0.2, 0.25) is 0 Å². The Morgan fingerprint density at radius 2 is 1.56 bits per heavy atom. The van der Waals surface area contributed by atoms with E-state index in [1.807, 2.05) is 19.1 Å². The lowest BCUT2D eigenvalue weighted by atomic mass is 9.73. The normalized spacial score (nSPS) is 29.9. The largest absolute Gasteiger partial charge is 0.203 e. The molecule has 2 saturated carbocycles. The average molecular weight is 349 g/mol. The molecule has 2 aliphatic carbocycles. The van der Waals surface area contributed by atoms with Gasteiger partial charge in [-0.3, -0.25) is 0 Å². The maximum atomic E-state index is 14.5. The summed E-state index contributed by atoms with van der Waals surface area (Å²) in [6.07, 6.45) is 12.9. The molecule has 0 saturated heterocycles. The first-order chi connectivity index (χ1) is 12.1. The molecule has 25 heavy (non-hydrogen) atoms. The molecule has 1 aromatic carbocycles. The molecule has 0 bridgehead atoms. The minimum Gasteiger partial charge on any atom is -0.203 e. The van der Waals surface area contributed by atoms with Crippen molar-refractivity contribution < 1.29 is 8.78 Å². The molecule has 140 valence electrons. The summed E-state index contributed by atoms with van der Waals surface area (Å²) in [6, 6.07) is 3.68. The van der Waals surface area contributed by atoms with Gasteiger partial charge in [0.1, 0.15) is 0 Å². The van der Waals surface area contributed by atoms with Gasteiger partial charge in [0.2, 0.25) is 0 Å². The fraction of sp³-hybridized carbons (Fsp3) is 0.739. The van der Waals surface area contributed by atoms with E-state index in [1.54, 1.807) is 0 Å². The van der Waals surface area contributed by atoms with Crippen LogP contribution in [0.25, 0.3) is 0 Å². The second kappa shape index (κ2) is 8.64. The van der Waals surface area contributed by atoms with Gasteiger partial charge in [-0.25, -0.2) is 8.78 Å². The van der Waals surface area contributed by atoms with Gasteiger partial charge in [-0.2, -0.15) is 0 Å². The summed E-state index contributed by atoms with van der Waals surface area (Å²) in [5, 5.41) is 0. The molecule has 0 aliphatic heterocycles. The highest BCUT2D eigenvalue weighted by Crippen LogP contribution is 2.46. The van der Waals surface area contributed by atoms with E-state index in [0.717, 1.165) is 37.0 Å². The lowest BCUT2D eigenvalue weighted by Gasteiger charge is -2.33. The van der Waals surface area contributed by atoms with E-state index in [2.05, 4.69) is 6.92 Å². The first-order valence-electron chi connectivity index (χ1n) is 10.6. The number of hydrogen-bond donors (Lipinski definition) is 0. The van der Waals surface area contributed by atoms with Crippen molar-refractivity contribution in [1.82, 2.24) is 0 Å². The Balaban J connectivity index is 1.58. The van der Waals surface area contributed by atoms with Gasteiger partial charge in [-0.15, -0.1) is 0 Å². The van der Waals surface area contributed by atoms with E-state index in [4.69, 9.17) is 0 Å². The molecule has 2 unspecified atom stereocenters. The smallest absolute Gasteiger partial charge is 0.162 e. The van der Waals surface area contributed by atoms with Gasteiger partial charge in [0, 0.05) is 0 Å². The highest BCUT2D eigenvalue weighted by atomic mass is 19.2. The average Bonchev–Trinajstić information content (AvgIpc) is 3.09. The number of rotatable bonds is 6. The van der Waals surface area contributed by atoms with Crippen LogP contribution in [0.3, 0.4) is 0 Å². The predicted molar refractivity (Wildman–Crippen MR) is 101 cm³/mol. The quantitative estimate of drug-likeness (QED) is 0.502. The number of hydrogen-bond acceptors (Lipinski definition) is 0. The third kappa shape index (κ3) is 4.26. The van der Waals surface area contributed by atoms with Crippen LogP contribution < -0.4 is 0 Å². The molecule has 0 nitrogen and oxygen atoms in total. The molecule has 0 spiro atoms. The Bertz CT molecular complexity index is 557. The molecule has 2 aliphatic rings. The summed E-state index contributed by atoms with van der Waals surface area (Å²) in [5.41, 5.74) is 1.16. The SMILES string of the molecule is CCCc1ccc(C2CCC(C3CCC(CCC)C3)CC2)c(F)c1F. The van der Waals surface area contributed by atoms with E-state index in [9.17, 15) is 8.78 Å². The monoisotopic (exact) mass is 348 g/mol. The predicted octanol–water partition coefficient (Wildman–Crippen LogP) is 7.41. The third-order valence-corrected chi connectivity index (χ3v) is 6.87. The van der Waals surface area contributed by atoms with Crippen molar-refractivity contribution in [2.75, 3.05) is 0 Å². The molecule has 2 heteroatoms. The van der Waals surface area contributed by atoms with Gasteiger partial charge in [0.05, 0.1) is 0 Å². The fourth-order valence-corrected chi connectivity index (χ4v) is 5.50. The lowest BCUT2D eigenvalue weighted by Crippen LogP contribution is -2.20. The van der Waals surface area contributed by atoms with Crippen LogP contribution in [-0.4, -0.2) is 0 Å². The maximum Gasteiger partial charge on any atom is 0.162 e. The summed E-state index contributed by atoms with van der Waals surface area (Å²) in [4.78, 5) is 0. The zero-order valence-corrected chi connectivity index (χ0v) is 16.0. The van der Waals surface area contributed by atoms with Gasteiger partial charge in [0.15, 0.2) is 11.6 Å². The summed E-state index contributed by atoms with van der Waals surface area (Å²) in [6.45, 7) is 4.29. The Hall–Kier alpha value is -0.920. The molecule has 1 aromatic rings. The minimum absolute atomic E-state index is 0.217. The van der Waals surface area contributed by atoms with E-state index in [-0.39, 0.29) is 5.92 Å². The van der Waals surface area contributed by atoms with Gasteiger partial charge in [-0.1, -0.05) is 51.7 Å². The van der Waals surface area contributed by atoms with Crippen molar-refractivity contribution in [2.45, 2.75) is 90.4 Å². The van der Waals surface area contributed by atoms with E-state index < -0.39 is 11.6 Å². The van der Waals surface area contributed by atoms with E-state index >= 15 is 0 Å². The fourth-order valence-electron chi connectivity index (χ4n) is 5.50. The van der Waals surface area contributed by atoms with Crippen LogP contribution >= 0.6 is 0 Å². The van der Waals surface area contributed by atoms with Crippen molar-refractivity contribution in [3.05, 3.63) is 34.9 Å². The van der Waals surface area contributed by atoms with Crippen molar-refractivity contribution in [2.24, 2.45) is 17.8 Å². The van der Waals surface area contributed by atoms with E-state index in [0.29, 0.717) is 17.5 Å². The zero-order chi connectivity index (χ0) is 17.8. The van der Waals surface area contributed by atoms with Crippen LogP contribution in [0.1, 0.15) is 95.1 Å². The van der Waals surface area contributed by atoms with Gasteiger partial charge in [0.25, 0.3) is 0 Å². The van der Waals surface area contributed by atoms with Crippen molar-refractivity contribution in [1.29, 1.82) is 0 Å². The maximum absolute atomic E-state index is 14.5. The van der Waals surface area contributed by atoms with Crippen LogP contribution in [0.4, 0.5) is 8.78 Å². The molecular weight excluding hydrogens is 314 g/mol. The Morgan fingerprint density at radius 3 is 2.24 bits per heavy atom. The highest BCUT2D eigenvalue weighted by Gasteiger charge is 2.34. The molecule has 2 fully saturated rings. The van der Waals surface area contributed by atoms with Crippen LogP contribution in [0.5, 0.6) is 0 Å². The second-order valence-electron chi connectivity index (χ2n) is 8.53. The van der Waals surface area contributed by atoms with Crippen molar-refractivity contribution in [3.63, 3.8) is 0 Å². The van der Waals surface area contributed by atoms with Crippen molar-refractivity contribution in [3.8, 4) is 0 Å². The Kier molecular flexibility index (Phi) is 6.52. The Morgan fingerprint density at radius 1 is 0.840 bits per heavy atom. The molecule has 3 rings (SSSR count). The molecule has 0 radical (unpaired) electrons. The first kappa shape index (κ1) is 18.9. The third-order valence-electron chi connectivity index (χ3n) is 6.87. The number of halogens is 2. The molecule has 0 heterocycles. The van der Waals surface area contributed by atoms with Gasteiger partial charge >= 0.3 is 0 Å². The standard InChI is InChI=1S/C23H34F2/c1-3-5-16-7-8-20(15-16)17-9-11-18(12-10-17)21-14-13-19(6-4-2)22(24)23(21)25/h13-14,16-18,20H,3-12,15H2,1-2H3. The first-order valence-corrected chi connectivity index (χ1v) is 10.6.